The van der Waals surface area contributed by atoms with Crippen molar-refractivity contribution in [1.29, 1.82) is 0 Å². The van der Waals surface area contributed by atoms with Gasteiger partial charge in [0.25, 0.3) is 0 Å². The van der Waals surface area contributed by atoms with Gasteiger partial charge in [0.05, 0.1) is 19.1 Å². The van der Waals surface area contributed by atoms with Gasteiger partial charge in [-0.2, -0.15) is 0 Å². The third-order valence-corrected chi connectivity index (χ3v) is 5.87. The van der Waals surface area contributed by atoms with Gasteiger partial charge in [0.15, 0.2) is 0 Å². The molecule has 7 heteroatoms. The van der Waals surface area contributed by atoms with E-state index in [1.54, 1.807) is 26.2 Å². The highest BCUT2D eigenvalue weighted by Gasteiger charge is 2.29. The molecule has 1 amide bonds. The molecule has 2 rings (SSSR count). The monoisotopic (exact) mass is 418 g/mol. The van der Waals surface area contributed by atoms with Gasteiger partial charge >= 0.3 is 0 Å². The van der Waals surface area contributed by atoms with Crippen LogP contribution >= 0.6 is 0 Å². The van der Waals surface area contributed by atoms with Crippen molar-refractivity contribution in [3.63, 3.8) is 0 Å². The van der Waals surface area contributed by atoms with Crippen molar-refractivity contribution < 1.29 is 17.9 Å². The summed E-state index contributed by atoms with van der Waals surface area (Å²) in [4.78, 5) is 12.6. The molecule has 1 N–H and O–H groups in total. The number of nitrogens with zero attached hydrogens (tertiary/aromatic N) is 1. The molecule has 0 aliphatic heterocycles. The van der Waals surface area contributed by atoms with Crippen LogP contribution in [0.25, 0.3) is 0 Å². The van der Waals surface area contributed by atoms with E-state index in [-0.39, 0.29) is 5.91 Å². The lowest BCUT2D eigenvalue weighted by Crippen LogP contribution is -2.48. The molecular weight excluding hydrogens is 388 g/mol. The first-order chi connectivity index (χ1) is 13.6. The molecule has 6 nitrogen and oxygen atoms in total. The van der Waals surface area contributed by atoms with Crippen LogP contribution in [-0.2, 0) is 21.2 Å². The van der Waals surface area contributed by atoms with Gasteiger partial charge in [0, 0.05) is 6.54 Å². The number of aryl methyl sites for hydroxylation is 3. The van der Waals surface area contributed by atoms with Crippen LogP contribution in [-0.4, -0.2) is 40.3 Å². The van der Waals surface area contributed by atoms with Crippen LogP contribution in [0.2, 0.25) is 0 Å². The summed E-state index contributed by atoms with van der Waals surface area (Å²) in [6.07, 6.45) is 2.66. The van der Waals surface area contributed by atoms with E-state index < -0.39 is 16.1 Å². The van der Waals surface area contributed by atoms with Crippen LogP contribution in [0.4, 0.5) is 5.69 Å². The molecule has 0 aliphatic carbocycles. The number of benzene rings is 2. The highest BCUT2D eigenvalue weighted by atomic mass is 32.2. The van der Waals surface area contributed by atoms with Crippen molar-refractivity contribution in [2.75, 3.05) is 24.2 Å². The zero-order chi connectivity index (χ0) is 21.6. The minimum Gasteiger partial charge on any atom is -0.497 e. The van der Waals surface area contributed by atoms with Gasteiger partial charge in [-0.25, -0.2) is 8.42 Å². The van der Waals surface area contributed by atoms with Crippen molar-refractivity contribution in [1.82, 2.24) is 5.32 Å². The number of nitrogens with one attached hydrogen (secondary N) is 1. The van der Waals surface area contributed by atoms with E-state index in [0.717, 1.165) is 41.5 Å². The predicted octanol–water partition coefficient (Wildman–Crippen LogP) is 3.22. The molecule has 0 unspecified atom stereocenters. The number of carbonyl (C=O) groups excluding carboxylic acids is 1. The molecule has 0 radical (unpaired) electrons. The van der Waals surface area contributed by atoms with Crippen molar-refractivity contribution >= 4 is 21.6 Å². The first kappa shape index (κ1) is 22.7. The first-order valence-corrected chi connectivity index (χ1v) is 11.4. The Morgan fingerprint density at radius 2 is 1.79 bits per heavy atom. The van der Waals surface area contributed by atoms with Crippen molar-refractivity contribution in [3.8, 4) is 5.75 Å². The van der Waals surface area contributed by atoms with Crippen LogP contribution in [0.1, 0.15) is 30.0 Å². The summed E-state index contributed by atoms with van der Waals surface area (Å²) in [6, 6.07) is 12.5. The summed E-state index contributed by atoms with van der Waals surface area (Å²) < 4.78 is 31.2. The van der Waals surface area contributed by atoms with Crippen molar-refractivity contribution in [2.24, 2.45) is 0 Å². The van der Waals surface area contributed by atoms with Gasteiger partial charge in [-0.3, -0.25) is 9.10 Å². The smallest absolute Gasteiger partial charge is 0.243 e. The molecule has 29 heavy (non-hydrogen) atoms. The van der Waals surface area contributed by atoms with Gasteiger partial charge in [0.1, 0.15) is 11.8 Å². The lowest BCUT2D eigenvalue weighted by atomic mass is 10.1. The molecule has 0 bridgehead atoms. The molecule has 158 valence electrons. The Bertz CT molecular complexity index is 937. The first-order valence-electron chi connectivity index (χ1n) is 9.60. The number of ether oxygens (including phenoxy) is 1. The number of amides is 1. The maximum Gasteiger partial charge on any atom is 0.243 e. The average Bonchev–Trinajstić information content (AvgIpc) is 2.63. The normalized spacial score (nSPS) is 12.3. The lowest BCUT2D eigenvalue weighted by molar-refractivity contribution is -0.121. The van der Waals surface area contributed by atoms with Gasteiger partial charge < -0.3 is 10.1 Å². The summed E-state index contributed by atoms with van der Waals surface area (Å²) >= 11 is 0. The van der Waals surface area contributed by atoms with Crippen LogP contribution in [0, 0.1) is 13.8 Å². The highest BCUT2D eigenvalue weighted by Crippen LogP contribution is 2.24. The number of hydrogen-bond donors (Lipinski definition) is 1. The fourth-order valence-electron chi connectivity index (χ4n) is 3.37. The van der Waals surface area contributed by atoms with Crippen molar-refractivity contribution in [2.45, 2.75) is 39.7 Å². The number of carbonyl (C=O) groups is 1. The Labute approximate surface area is 173 Å². The summed E-state index contributed by atoms with van der Waals surface area (Å²) in [5.74, 6) is 0.484. The van der Waals surface area contributed by atoms with E-state index in [1.165, 1.54) is 4.31 Å². The Hall–Kier alpha value is -2.54. The molecule has 0 aliphatic rings. The second kappa shape index (κ2) is 9.78. The average molecular weight is 419 g/mol. The Morgan fingerprint density at radius 1 is 1.14 bits per heavy atom. The summed E-state index contributed by atoms with van der Waals surface area (Å²) in [7, 11) is -1.99. The minimum absolute atomic E-state index is 0.319. The van der Waals surface area contributed by atoms with E-state index in [2.05, 4.69) is 5.32 Å². The number of anilines is 1. The fraction of sp³-hybridized carbons (Fsp3) is 0.409. The Morgan fingerprint density at radius 3 is 2.38 bits per heavy atom. The predicted molar refractivity (Wildman–Crippen MR) is 117 cm³/mol. The lowest BCUT2D eigenvalue weighted by Gasteiger charge is -2.28. The van der Waals surface area contributed by atoms with Gasteiger partial charge in [-0.1, -0.05) is 18.2 Å². The SMILES string of the molecule is COc1cccc(CCCNC(=O)[C@H](C)N(c2cc(C)cc(C)c2)S(C)(=O)=O)c1. The molecule has 0 heterocycles. The van der Waals surface area contributed by atoms with E-state index in [1.807, 2.05) is 44.2 Å². The molecule has 0 saturated carbocycles. The van der Waals surface area contributed by atoms with Crippen LogP contribution in [0.5, 0.6) is 5.75 Å². The second-order valence-electron chi connectivity index (χ2n) is 7.33. The van der Waals surface area contributed by atoms with E-state index in [4.69, 9.17) is 4.74 Å². The van der Waals surface area contributed by atoms with Crippen LogP contribution < -0.4 is 14.4 Å². The van der Waals surface area contributed by atoms with Gasteiger partial charge in [0.2, 0.25) is 15.9 Å². The van der Waals surface area contributed by atoms with E-state index >= 15 is 0 Å². The Kier molecular flexibility index (Phi) is 7.67. The quantitative estimate of drug-likeness (QED) is 0.635. The minimum atomic E-state index is -3.62. The van der Waals surface area contributed by atoms with Gasteiger partial charge in [-0.15, -0.1) is 0 Å². The molecule has 2 aromatic carbocycles. The third-order valence-electron chi connectivity index (χ3n) is 4.63. The van der Waals surface area contributed by atoms with E-state index in [9.17, 15) is 13.2 Å². The van der Waals surface area contributed by atoms with Crippen molar-refractivity contribution in [3.05, 3.63) is 59.2 Å². The fourth-order valence-corrected chi connectivity index (χ4v) is 4.52. The Balaban J connectivity index is 2.02. The zero-order valence-corrected chi connectivity index (χ0v) is 18.5. The third kappa shape index (κ3) is 6.49. The van der Waals surface area contributed by atoms with Gasteiger partial charge in [-0.05, 0) is 74.6 Å². The van der Waals surface area contributed by atoms with Crippen LogP contribution in [0.15, 0.2) is 42.5 Å². The molecule has 1 atom stereocenters. The second-order valence-corrected chi connectivity index (χ2v) is 9.19. The summed E-state index contributed by atoms with van der Waals surface area (Å²) in [5.41, 5.74) is 3.52. The van der Waals surface area contributed by atoms with Crippen LogP contribution in [0.3, 0.4) is 0 Å². The standard InChI is InChI=1S/C22H30N2O4S/c1-16-12-17(2)14-20(13-16)24(29(5,26)27)18(3)22(25)23-11-7-9-19-8-6-10-21(15-19)28-4/h6,8,10,12-15,18H,7,9,11H2,1-5H3,(H,23,25)/t18-/m0/s1. The molecule has 0 spiro atoms. The number of rotatable bonds is 9. The molecule has 2 aromatic rings. The topological polar surface area (TPSA) is 75.7 Å². The maximum absolute atomic E-state index is 12.6. The largest absolute Gasteiger partial charge is 0.497 e. The maximum atomic E-state index is 12.6. The van der Waals surface area contributed by atoms with E-state index in [0.29, 0.717) is 12.2 Å². The molecular formula is C22H30N2O4S. The zero-order valence-electron chi connectivity index (χ0n) is 17.7. The molecule has 0 fully saturated rings. The summed E-state index contributed by atoms with van der Waals surface area (Å²) in [5, 5.41) is 2.86. The molecule has 0 saturated heterocycles. The number of sulfonamides is 1. The number of methoxy groups -OCH3 is 1. The molecule has 0 aromatic heterocycles. The number of hydrogen-bond acceptors (Lipinski definition) is 4. The highest BCUT2D eigenvalue weighted by molar-refractivity contribution is 7.92. The summed E-state index contributed by atoms with van der Waals surface area (Å²) in [6.45, 7) is 5.88.